The molecule has 30 heavy (non-hydrogen) atoms. The predicted octanol–water partition coefficient (Wildman–Crippen LogP) is 3.44. The number of carbonyl (C=O) groups is 1. The Kier molecular flexibility index (Phi) is 7.82. The molecule has 158 valence electrons. The zero-order chi connectivity index (χ0) is 21.2. The molecule has 2 aromatic carbocycles. The van der Waals surface area contributed by atoms with Crippen molar-refractivity contribution in [3.63, 3.8) is 0 Å². The maximum atomic E-state index is 12.3. The smallest absolute Gasteiger partial charge is 0.411 e. The molecule has 0 radical (unpaired) electrons. The van der Waals surface area contributed by atoms with Crippen LogP contribution in [0.25, 0.3) is 11.1 Å². The molecule has 8 nitrogen and oxygen atoms in total. The molecule has 0 aliphatic heterocycles. The lowest BCUT2D eigenvalue weighted by atomic mass is 10.1. The predicted molar refractivity (Wildman–Crippen MR) is 116 cm³/mol. The van der Waals surface area contributed by atoms with E-state index in [0.717, 1.165) is 29.5 Å². The number of benzene rings is 2. The number of H-pyrrole nitrogens is 1. The van der Waals surface area contributed by atoms with Crippen LogP contribution in [0.4, 0.5) is 10.5 Å². The summed E-state index contributed by atoms with van der Waals surface area (Å²) >= 11 is 0. The highest BCUT2D eigenvalue weighted by molar-refractivity contribution is 5.87. The molecule has 3 rings (SSSR count). The first-order valence-corrected chi connectivity index (χ1v) is 9.87. The Morgan fingerprint density at radius 3 is 2.70 bits per heavy atom. The summed E-state index contributed by atoms with van der Waals surface area (Å²) < 4.78 is 11.2. The molecule has 1 unspecified atom stereocenters. The molecule has 1 heterocycles. The van der Waals surface area contributed by atoms with Crippen LogP contribution in [0.3, 0.4) is 0 Å². The van der Waals surface area contributed by atoms with E-state index in [2.05, 4.69) is 15.5 Å². The van der Waals surface area contributed by atoms with Gasteiger partial charge in [-0.1, -0.05) is 36.4 Å². The SMILES string of the molecule is NCCCCOc1cc(-c2cn[nH]c2)ccc1NC(=O)OCC(N)c1ccccc1. The van der Waals surface area contributed by atoms with Crippen molar-refractivity contribution in [3.8, 4) is 16.9 Å². The van der Waals surface area contributed by atoms with Gasteiger partial charge in [-0.3, -0.25) is 10.4 Å². The summed E-state index contributed by atoms with van der Waals surface area (Å²) in [6.07, 6.45) is 4.61. The van der Waals surface area contributed by atoms with Crippen molar-refractivity contribution in [3.05, 3.63) is 66.5 Å². The molecule has 1 atom stereocenters. The molecule has 8 heteroatoms. The quantitative estimate of drug-likeness (QED) is 0.380. The first-order chi connectivity index (χ1) is 14.7. The number of hydrogen-bond acceptors (Lipinski definition) is 6. The van der Waals surface area contributed by atoms with Crippen LogP contribution in [0.15, 0.2) is 60.9 Å². The van der Waals surface area contributed by atoms with Crippen molar-refractivity contribution >= 4 is 11.8 Å². The number of nitrogens with zero attached hydrogens (tertiary/aromatic N) is 1. The van der Waals surface area contributed by atoms with Gasteiger partial charge in [0.2, 0.25) is 0 Å². The number of amides is 1. The van der Waals surface area contributed by atoms with Crippen LogP contribution in [0.2, 0.25) is 0 Å². The minimum atomic E-state index is -0.593. The Morgan fingerprint density at radius 1 is 1.13 bits per heavy atom. The molecular formula is C22H27N5O3. The third kappa shape index (κ3) is 6.07. The molecule has 0 saturated carbocycles. The summed E-state index contributed by atoms with van der Waals surface area (Å²) in [5.74, 6) is 0.551. The van der Waals surface area contributed by atoms with E-state index in [1.807, 2.05) is 42.5 Å². The highest BCUT2D eigenvalue weighted by Gasteiger charge is 2.13. The van der Waals surface area contributed by atoms with Gasteiger partial charge in [-0.25, -0.2) is 4.79 Å². The Balaban J connectivity index is 1.64. The monoisotopic (exact) mass is 409 g/mol. The topological polar surface area (TPSA) is 128 Å². The van der Waals surface area contributed by atoms with Gasteiger partial charge < -0.3 is 20.9 Å². The van der Waals surface area contributed by atoms with E-state index in [9.17, 15) is 4.79 Å². The van der Waals surface area contributed by atoms with Crippen molar-refractivity contribution in [1.29, 1.82) is 0 Å². The zero-order valence-corrected chi connectivity index (χ0v) is 16.7. The summed E-state index contributed by atoms with van der Waals surface area (Å²) in [6, 6.07) is 14.6. The average Bonchev–Trinajstić information content (AvgIpc) is 3.31. The number of ether oxygens (including phenoxy) is 2. The van der Waals surface area contributed by atoms with Gasteiger partial charge in [0.1, 0.15) is 12.4 Å². The van der Waals surface area contributed by atoms with Gasteiger partial charge >= 0.3 is 6.09 Å². The molecule has 0 fully saturated rings. The standard InChI is InChI=1S/C22H27N5O3/c23-10-4-5-11-29-21-12-17(18-13-25-26-14-18)8-9-20(21)27-22(28)30-15-19(24)16-6-2-1-3-7-16/h1-3,6-9,12-14,19H,4-5,10-11,15,23-24H2,(H,25,26)(H,27,28). The van der Waals surface area contributed by atoms with E-state index in [-0.39, 0.29) is 6.61 Å². The Morgan fingerprint density at radius 2 is 1.97 bits per heavy atom. The van der Waals surface area contributed by atoms with Crippen molar-refractivity contribution in [2.75, 3.05) is 25.1 Å². The lowest BCUT2D eigenvalue weighted by Gasteiger charge is -2.16. The van der Waals surface area contributed by atoms with E-state index < -0.39 is 12.1 Å². The molecule has 1 aromatic heterocycles. The van der Waals surface area contributed by atoms with Crippen molar-refractivity contribution < 1.29 is 14.3 Å². The Bertz CT molecular complexity index is 916. The maximum absolute atomic E-state index is 12.3. The van der Waals surface area contributed by atoms with Gasteiger partial charge in [-0.2, -0.15) is 5.10 Å². The van der Waals surface area contributed by atoms with E-state index in [4.69, 9.17) is 20.9 Å². The highest BCUT2D eigenvalue weighted by atomic mass is 16.5. The highest BCUT2D eigenvalue weighted by Crippen LogP contribution is 2.31. The second kappa shape index (κ2) is 11.0. The number of anilines is 1. The number of aromatic amines is 1. The van der Waals surface area contributed by atoms with Gasteiger partial charge in [0.25, 0.3) is 0 Å². The van der Waals surface area contributed by atoms with Crippen LogP contribution in [-0.2, 0) is 4.74 Å². The van der Waals surface area contributed by atoms with Crippen LogP contribution in [-0.4, -0.2) is 36.0 Å². The first-order valence-electron chi connectivity index (χ1n) is 9.87. The van der Waals surface area contributed by atoms with Crippen LogP contribution in [0, 0.1) is 0 Å². The summed E-state index contributed by atoms with van der Waals surface area (Å²) in [5.41, 5.74) is 14.9. The number of hydrogen-bond donors (Lipinski definition) is 4. The molecule has 3 aromatic rings. The largest absolute Gasteiger partial charge is 0.491 e. The van der Waals surface area contributed by atoms with Crippen molar-refractivity contribution in [2.24, 2.45) is 11.5 Å². The number of rotatable bonds is 10. The Labute approximate surface area is 175 Å². The number of unbranched alkanes of at least 4 members (excludes halogenated alkanes) is 1. The van der Waals surface area contributed by atoms with Crippen molar-refractivity contribution in [1.82, 2.24) is 10.2 Å². The summed E-state index contributed by atoms with van der Waals surface area (Å²) in [7, 11) is 0. The van der Waals surface area contributed by atoms with Crippen molar-refractivity contribution in [2.45, 2.75) is 18.9 Å². The summed E-state index contributed by atoms with van der Waals surface area (Å²) in [5, 5.41) is 9.50. The first kappa shape index (κ1) is 21.4. The number of aromatic nitrogens is 2. The minimum Gasteiger partial charge on any atom is -0.491 e. The second-order valence-electron chi connectivity index (χ2n) is 6.78. The van der Waals surface area contributed by atoms with Crippen LogP contribution in [0.1, 0.15) is 24.4 Å². The third-order valence-corrected chi connectivity index (χ3v) is 4.53. The molecular weight excluding hydrogens is 382 g/mol. The van der Waals surface area contributed by atoms with Crippen LogP contribution < -0.4 is 21.5 Å². The summed E-state index contributed by atoms with van der Waals surface area (Å²) in [6.45, 7) is 1.17. The van der Waals surface area contributed by atoms with Gasteiger partial charge in [0, 0.05) is 11.8 Å². The van der Waals surface area contributed by atoms with Crippen LogP contribution in [0.5, 0.6) is 5.75 Å². The Hall–Kier alpha value is -3.36. The zero-order valence-electron chi connectivity index (χ0n) is 16.7. The van der Waals surface area contributed by atoms with E-state index >= 15 is 0 Å². The van der Waals surface area contributed by atoms with Gasteiger partial charge in [-0.05, 0) is 42.6 Å². The lowest BCUT2D eigenvalue weighted by Crippen LogP contribution is -2.22. The molecule has 6 N–H and O–H groups in total. The fraction of sp³-hybridized carbons (Fsp3) is 0.273. The molecule has 0 aliphatic rings. The normalized spacial score (nSPS) is 11.7. The number of nitrogens with two attached hydrogens (primary N) is 2. The molecule has 0 saturated heterocycles. The van der Waals surface area contributed by atoms with E-state index in [1.165, 1.54) is 0 Å². The van der Waals surface area contributed by atoms with Gasteiger partial charge in [0.15, 0.2) is 0 Å². The van der Waals surface area contributed by atoms with E-state index in [1.54, 1.807) is 18.5 Å². The summed E-state index contributed by atoms with van der Waals surface area (Å²) in [4.78, 5) is 12.3. The van der Waals surface area contributed by atoms with E-state index in [0.29, 0.717) is 24.6 Å². The van der Waals surface area contributed by atoms with Gasteiger partial charge in [-0.15, -0.1) is 0 Å². The average molecular weight is 409 g/mol. The lowest BCUT2D eigenvalue weighted by molar-refractivity contribution is 0.154. The molecule has 0 spiro atoms. The molecule has 0 bridgehead atoms. The molecule has 0 aliphatic carbocycles. The number of carbonyl (C=O) groups excluding carboxylic acids is 1. The molecule has 1 amide bonds. The minimum absolute atomic E-state index is 0.0651. The third-order valence-electron chi connectivity index (χ3n) is 4.53. The number of nitrogens with one attached hydrogen (secondary N) is 2. The fourth-order valence-corrected chi connectivity index (χ4v) is 2.87. The fourth-order valence-electron chi connectivity index (χ4n) is 2.87. The maximum Gasteiger partial charge on any atom is 0.411 e. The van der Waals surface area contributed by atoms with Crippen LogP contribution >= 0.6 is 0 Å². The van der Waals surface area contributed by atoms with Gasteiger partial charge in [0.05, 0.1) is 24.5 Å². The second-order valence-corrected chi connectivity index (χ2v) is 6.78.